The second-order valence-electron chi connectivity index (χ2n) is 6.75. The molecule has 5 nitrogen and oxygen atoms in total. The van der Waals surface area contributed by atoms with Crippen LogP contribution in [-0.4, -0.2) is 30.0 Å². The molecule has 0 unspecified atom stereocenters. The Morgan fingerprint density at radius 1 is 1.00 bits per heavy atom. The van der Waals surface area contributed by atoms with Crippen LogP contribution >= 0.6 is 0 Å². The molecule has 1 aliphatic heterocycles. The van der Waals surface area contributed by atoms with Gasteiger partial charge in [0.2, 0.25) is 0 Å². The Labute approximate surface area is 155 Å². The highest BCUT2D eigenvalue weighted by Crippen LogP contribution is 2.15. The topological polar surface area (TPSA) is 67.6 Å². The Morgan fingerprint density at radius 2 is 1.69 bits per heavy atom. The number of amides is 1. The van der Waals surface area contributed by atoms with Crippen molar-refractivity contribution in [3.63, 3.8) is 0 Å². The first kappa shape index (κ1) is 18.4. The summed E-state index contributed by atoms with van der Waals surface area (Å²) in [6.45, 7) is 2.36. The van der Waals surface area contributed by atoms with Crippen molar-refractivity contribution >= 4 is 5.91 Å². The molecule has 1 saturated heterocycles. The van der Waals surface area contributed by atoms with E-state index in [4.69, 9.17) is 10.5 Å². The molecule has 1 atom stereocenters. The first-order valence-electron chi connectivity index (χ1n) is 9.27. The van der Waals surface area contributed by atoms with Gasteiger partial charge < -0.3 is 10.5 Å². The SMILES string of the molecule is N[C@@H](Cc1ccc(OCc2ccccc2)cc1)C(=O)NN1CCCCC1. The van der Waals surface area contributed by atoms with Crippen LogP contribution in [0.5, 0.6) is 5.75 Å². The van der Waals surface area contributed by atoms with Crippen LogP contribution < -0.4 is 15.9 Å². The molecular weight excluding hydrogens is 326 g/mol. The summed E-state index contributed by atoms with van der Waals surface area (Å²) in [5.74, 6) is 0.695. The monoisotopic (exact) mass is 353 g/mol. The summed E-state index contributed by atoms with van der Waals surface area (Å²) in [4.78, 5) is 12.2. The largest absolute Gasteiger partial charge is 0.489 e. The van der Waals surface area contributed by atoms with Gasteiger partial charge in [0.25, 0.3) is 5.91 Å². The van der Waals surface area contributed by atoms with E-state index in [0.29, 0.717) is 13.0 Å². The number of ether oxygens (including phenoxy) is 1. The van der Waals surface area contributed by atoms with Gasteiger partial charge in [-0.25, -0.2) is 5.01 Å². The maximum absolute atomic E-state index is 12.2. The number of hydrogen-bond acceptors (Lipinski definition) is 4. The third-order valence-corrected chi connectivity index (χ3v) is 4.59. The molecule has 26 heavy (non-hydrogen) atoms. The first-order valence-corrected chi connectivity index (χ1v) is 9.27. The van der Waals surface area contributed by atoms with Crippen LogP contribution in [0.25, 0.3) is 0 Å². The fourth-order valence-corrected chi connectivity index (χ4v) is 3.05. The zero-order chi connectivity index (χ0) is 18.2. The van der Waals surface area contributed by atoms with Crippen LogP contribution in [0.3, 0.4) is 0 Å². The third-order valence-electron chi connectivity index (χ3n) is 4.59. The fourth-order valence-electron chi connectivity index (χ4n) is 3.05. The van der Waals surface area contributed by atoms with Crippen LogP contribution in [0.4, 0.5) is 0 Å². The molecule has 138 valence electrons. The summed E-state index contributed by atoms with van der Waals surface area (Å²) in [7, 11) is 0. The normalized spacial score (nSPS) is 16.0. The molecule has 1 aliphatic rings. The van der Waals surface area contributed by atoms with E-state index in [1.165, 1.54) is 6.42 Å². The number of nitrogens with two attached hydrogens (primary N) is 1. The number of hydrogen-bond donors (Lipinski definition) is 2. The van der Waals surface area contributed by atoms with E-state index < -0.39 is 6.04 Å². The van der Waals surface area contributed by atoms with Crippen molar-refractivity contribution < 1.29 is 9.53 Å². The van der Waals surface area contributed by atoms with Gasteiger partial charge in [-0.05, 0) is 42.5 Å². The average Bonchev–Trinajstić information content (AvgIpc) is 2.69. The Morgan fingerprint density at radius 3 is 2.38 bits per heavy atom. The summed E-state index contributed by atoms with van der Waals surface area (Å²) < 4.78 is 5.78. The van der Waals surface area contributed by atoms with Gasteiger partial charge in [0.15, 0.2) is 0 Å². The number of nitrogens with one attached hydrogen (secondary N) is 1. The molecule has 5 heteroatoms. The van der Waals surface area contributed by atoms with Gasteiger partial charge in [-0.1, -0.05) is 48.9 Å². The van der Waals surface area contributed by atoms with Crippen LogP contribution in [0.2, 0.25) is 0 Å². The highest BCUT2D eigenvalue weighted by molar-refractivity contribution is 5.81. The number of benzene rings is 2. The molecule has 1 heterocycles. The quantitative estimate of drug-likeness (QED) is 0.803. The molecular formula is C21H27N3O2. The number of nitrogens with zero attached hydrogens (tertiary/aromatic N) is 1. The van der Waals surface area contributed by atoms with Crippen LogP contribution in [-0.2, 0) is 17.8 Å². The molecule has 0 spiro atoms. The van der Waals surface area contributed by atoms with Gasteiger partial charge in [0.1, 0.15) is 12.4 Å². The number of rotatable bonds is 7. The van der Waals surface area contributed by atoms with Gasteiger partial charge in [0.05, 0.1) is 6.04 Å². The summed E-state index contributed by atoms with van der Waals surface area (Å²) in [5.41, 5.74) is 11.2. The molecule has 0 bridgehead atoms. The molecule has 3 rings (SSSR count). The second-order valence-corrected chi connectivity index (χ2v) is 6.75. The van der Waals surface area contributed by atoms with Crippen molar-refractivity contribution in [3.05, 3.63) is 65.7 Å². The van der Waals surface area contributed by atoms with Gasteiger partial charge in [-0.2, -0.15) is 0 Å². The smallest absolute Gasteiger partial charge is 0.251 e. The standard InChI is InChI=1S/C21H27N3O2/c22-20(21(25)23-24-13-5-2-6-14-24)15-17-9-11-19(12-10-17)26-16-18-7-3-1-4-8-18/h1,3-4,7-12,20H,2,5-6,13-16,22H2,(H,23,25)/t20-/m0/s1. The van der Waals surface area contributed by atoms with Crippen molar-refractivity contribution in [2.75, 3.05) is 13.1 Å². The lowest BCUT2D eigenvalue weighted by Crippen LogP contribution is -2.51. The third kappa shape index (κ3) is 5.58. The maximum atomic E-state index is 12.2. The minimum absolute atomic E-state index is 0.115. The summed E-state index contributed by atoms with van der Waals surface area (Å²) >= 11 is 0. The zero-order valence-electron chi connectivity index (χ0n) is 15.1. The lowest BCUT2D eigenvalue weighted by molar-refractivity contribution is -0.127. The lowest BCUT2D eigenvalue weighted by atomic mass is 10.1. The summed E-state index contributed by atoms with van der Waals surface area (Å²) in [6, 6.07) is 17.3. The van der Waals surface area contributed by atoms with E-state index in [9.17, 15) is 4.79 Å². The zero-order valence-corrected chi connectivity index (χ0v) is 15.1. The van der Waals surface area contributed by atoms with Crippen molar-refractivity contribution in [2.24, 2.45) is 5.73 Å². The van der Waals surface area contributed by atoms with Crippen molar-refractivity contribution in [1.82, 2.24) is 10.4 Å². The first-order chi connectivity index (χ1) is 12.7. The molecule has 0 aromatic heterocycles. The summed E-state index contributed by atoms with van der Waals surface area (Å²) in [5, 5.41) is 1.98. The van der Waals surface area contributed by atoms with E-state index in [-0.39, 0.29) is 5.91 Å². The molecule has 0 radical (unpaired) electrons. The van der Waals surface area contributed by atoms with Gasteiger partial charge in [-0.15, -0.1) is 0 Å². The van der Waals surface area contributed by atoms with Crippen molar-refractivity contribution in [1.29, 1.82) is 0 Å². The van der Waals surface area contributed by atoms with Gasteiger partial charge >= 0.3 is 0 Å². The van der Waals surface area contributed by atoms with E-state index in [1.807, 2.05) is 59.6 Å². The van der Waals surface area contributed by atoms with E-state index in [2.05, 4.69) is 5.43 Å². The average molecular weight is 353 g/mol. The lowest BCUT2D eigenvalue weighted by Gasteiger charge is -2.28. The van der Waals surface area contributed by atoms with Crippen LogP contribution in [0.15, 0.2) is 54.6 Å². The minimum Gasteiger partial charge on any atom is -0.489 e. The minimum atomic E-state index is -0.548. The number of piperidine rings is 1. The second kappa shape index (κ2) is 9.36. The van der Waals surface area contributed by atoms with E-state index >= 15 is 0 Å². The molecule has 3 N–H and O–H groups in total. The highest BCUT2D eigenvalue weighted by atomic mass is 16.5. The number of hydrazine groups is 1. The predicted molar refractivity (Wildman–Crippen MR) is 102 cm³/mol. The maximum Gasteiger partial charge on any atom is 0.251 e. The van der Waals surface area contributed by atoms with Gasteiger partial charge in [0, 0.05) is 13.1 Å². The molecule has 0 aliphatic carbocycles. The fraction of sp³-hybridized carbons (Fsp3) is 0.381. The molecule has 2 aromatic carbocycles. The summed E-state index contributed by atoms with van der Waals surface area (Å²) in [6.07, 6.45) is 4.00. The number of carbonyl (C=O) groups excluding carboxylic acids is 1. The predicted octanol–water partition coefficient (Wildman–Crippen LogP) is 2.65. The van der Waals surface area contributed by atoms with Crippen molar-refractivity contribution in [3.8, 4) is 5.75 Å². The van der Waals surface area contributed by atoms with Crippen molar-refractivity contribution in [2.45, 2.75) is 38.3 Å². The number of carbonyl (C=O) groups is 1. The Kier molecular flexibility index (Phi) is 6.63. The molecule has 1 fully saturated rings. The molecule has 2 aromatic rings. The van der Waals surface area contributed by atoms with Gasteiger partial charge in [-0.3, -0.25) is 10.2 Å². The Hall–Kier alpha value is -2.37. The van der Waals surface area contributed by atoms with Crippen LogP contribution in [0.1, 0.15) is 30.4 Å². The Bertz CT molecular complexity index is 682. The highest BCUT2D eigenvalue weighted by Gasteiger charge is 2.18. The van der Waals surface area contributed by atoms with Crippen LogP contribution in [0, 0.1) is 0 Å². The molecule has 0 saturated carbocycles. The van der Waals surface area contributed by atoms with E-state index in [1.54, 1.807) is 0 Å². The Balaban J connectivity index is 1.46. The van der Waals surface area contributed by atoms with E-state index in [0.717, 1.165) is 42.8 Å². The molecule has 1 amide bonds.